The monoisotopic (exact) mass is 405 g/mol. The summed E-state index contributed by atoms with van der Waals surface area (Å²) >= 11 is 0. The molecule has 2 aromatic carbocycles. The average molecular weight is 405 g/mol. The molecule has 0 N–H and O–H groups in total. The zero-order valence-corrected chi connectivity index (χ0v) is 17.5. The molecule has 0 aliphatic heterocycles. The number of rotatable bonds is 7. The normalized spacial score (nSPS) is 15.5. The molecule has 30 heavy (non-hydrogen) atoms. The van der Waals surface area contributed by atoms with Crippen molar-refractivity contribution in [1.29, 1.82) is 0 Å². The summed E-state index contributed by atoms with van der Waals surface area (Å²) in [7, 11) is 1.90. The van der Waals surface area contributed by atoms with E-state index in [1.807, 2.05) is 43.1 Å². The van der Waals surface area contributed by atoms with Gasteiger partial charge in [-0.2, -0.15) is 4.98 Å². The molecule has 0 bridgehead atoms. The van der Waals surface area contributed by atoms with E-state index in [1.165, 1.54) is 11.1 Å². The lowest BCUT2D eigenvalue weighted by Crippen LogP contribution is -2.33. The van der Waals surface area contributed by atoms with Crippen molar-refractivity contribution in [2.75, 3.05) is 13.7 Å². The highest BCUT2D eigenvalue weighted by molar-refractivity contribution is 5.76. The van der Waals surface area contributed by atoms with Crippen LogP contribution < -0.4 is 4.74 Å². The number of hydrogen-bond donors (Lipinski definition) is 0. The maximum Gasteiger partial charge on any atom is 0.227 e. The van der Waals surface area contributed by atoms with Crippen molar-refractivity contribution >= 4 is 5.91 Å². The first-order valence-corrected chi connectivity index (χ1v) is 10.5. The van der Waals surface area contributed by atoms with Gasteiger partial charge in [0.2, 0.25) is 17.6 Å². The van der Waals surface area contributed by atoms with Gasteiger partial charge in [0, 0.05) is 25.5 Å². The second-order valence-corrected chi connectivity index (χ2v) is 7.58. The Morgan fingerprint density at radius 1 is 1.20 bits per heavy atom. The van der Waals surface area contributed by atoms with E-state index in [4.69, 9.17) is 9.26 Å². The van der Waals surface area contributed by atoms with Crippen molar-refractivity contribution < 1.29 is 14.1 Å². The molecule has 1 aliphatic rings. The smallest absolute Gasteiger partial charge is 0.227 e. The van der Waals surface area contributed by atoms with E-state index in [2.05, 4.69) is 34.4 Å². The predicted molar refractivity (Wildman–Crippen MR) is 114 cm³/mol. The van der Waals surface area contributed by atoms with E-state index in [9.17, 15) is 4.79 Å². The summed E-state index contributed by atoms with van der Waals surface area (Å²) in [6.45, 7) is 2.58. The van der Waals surface area contributed by atoms with Gasteiger partial charge in [-0.3, -0.25) is 4.79 Å². The van der Waals surface area contributed by atoms with Crippen LogP contribution in [0.15, 0.2) is 53.1 Å². The molecule has 6 heteroatoms. The minimum atomic E-state index is 0.0949. The van der Waals surface area contributed by atoms with E-state index < -0.39 is 0 Å². The zero-order chi connectivity index (χ0) is 20.9. The molecule has 6 nitrogen and oxygen atoms in total. The number of amides is 1. The van der Waals surface area contributed by atoms with Gasteiger partial charge in [-0.15, -0.1) is 0 Å². The van der Waals surface area contributed by atoms with Gasteiger partial charge in [0.1, 0.15) is 5.75 Å². The Balaban J connectivity index is 1.37. The largest absolute Gasteiger partial charge is 0.494 e. The number of nitrogens with zero attached hydrogens (tertiary/aromatic N) is 3. The molecule has 0 saturated heterocycles. The summed E-state index contributed by atoms with van der Waals surface area (Å²) in [4.78, 5) is 19.1. The standard InChI is InChI=1S/C24H27N3O3/c1-3-29-19-13-11-18(12-14-19)24-25-22(30-26-24)15-16-23(28)27(2)21-10-6-8-17-7-4-5-9-20(17)21/h4-5,7,9,11-14,21H,3,6,8,10,15-16H2,1-2H3. The molecule has 156 valence electrons. The van der Waals surface area contributed by atoms with E-state index in [1.54, 1.807) is 0 Å². The van der Waals surface area contributed by atoms with Gasteiger partial charge in [0.05, 0.1) is 12.6 Å². The van der Waals surface area contributed by atoms with Gasteiger partial charge >= 0.3 is 0 Å². The van der Waals surface area contributed by atoms with E-state index in [-0.39, 0.29) is 11.9 Å². The lowest BCUT2D eigenvalue weighted by Gasteiger charge is -2.33. The third-order valence-electron chi connectivity index (χ3n) is 5.64. The van der Waals surface area contributed by atoms with Gasteiger partial charge in [-0.25, -0.2) is 0 Å². The third kappa shape index (κ3) is 4.37. The summed E-state index contributed by atoms with van der Waals surface area (Å²) in [5.74, 6) is 1.90. The van der Waals surface area contributed by atoms with Crippen LogP contribution in [0.4, 0.5) is 0 Å². The molecule has 0 fully saturated rings. The minimum absolute atomic E-state index is 0.0949. The van der Waals surface area contributed by atoms with Crippen LogP contribution in [0.25, 0.3) is 11.4 Å². The van der Waals surface area contributed by atoms with Gasteiger partial charge in [0.15, 0.2) is 0 Å². The first kappa shape index (κ1) is 20.1. The number of aryl methyl sites for hydroxylation is 2. The number of fused-ring (bicyclic) bond motifs is 1. The summed E-state index contributed by atoms with van der Waals surface area (Å²) in [6, 6.07) is 16.1. The van der Waals surface area contributed by atoms with E-state index in [0.717, 1.165) is 30.6 Å². The molecule has 1 amide bonds. The quantitative estimate of drug-likeness (QED) is 0.574. The van der Waals surface area contributed by atoms with Gasteiger partial charge < -0.3 is 14.2 Å². The molecule has 1 unspecified atom stereocenters. The molecule has 1 heterocycles. The van der Waals surface area contributed by atoms with Crippen LogP contribution in [0.1, 0.15) is 49.2 Å². The summed E-state index contributed by atoms with van der Waals surface area (Å²) < 4.78 is 10.8. The van der Waals surface area contributed by atoms with E-state index >= 15 is 0 Å². The minimum Gasteiger partial charge on any atom is -0.494 e. The molecule has 1 aliphatic carbocycles. The fourth-order valence-corrected chi connectivity index (χ4v) is 4.04. The van der Waals surface area contributed by atoms with Crippen molar-refractivity contribution in [2.24, 2.45) is 0 Å². The van der Waals surface area contributed by atoms with Crippen molar-refractivity contribution in [1.82, 2.24) is 15.0 Å². The highest BCUT2D eigenvalue weighted by Crippen LogP contribution is 2.33. The number of carbonyl (C=O) groups excluding carboxylic acids is 1. The number of benzene rings is 2. The number of aromatic nitrogens is 2. The molecular formula is C24H27N3O3. The highest BCUT2D eigenvalue weighted by Gasteiger charge is 2.26. The van der Waals surface area contributed by atoms with Gasteiger partial charge in [-0.05, 0) is 61.6 Å². The molecule has 1 aromatic heterocycles. The van der Waals surface area contributed by atoms with Crippen molar-refractivity contribution in [2.45, 2.75) is 45.1 Å². The molecule has 0 saturated carbocycles. The third-order valence-corrected chi connectivity index (χ3v) is 5.64. The second-order valence-electron chi connectivity index (χ2n) is 7.58. The first-order chi connectivity index (χ1) is 14.7. The van der Waals surface area contributed by atoms with Crippen molar-refractivity contribution in [3.8, 4) is 17.1 Å². The lowest BCUT2D eigenvalue weighted by molar-refractivity contribution is -0.132. The molecule has 4 rings (SSSR count). The SMILES string of the molecule is CCOc1ccc(-c2noc(CCC(=O)N(C)C3CCCc4ccccc43)n2)cc1. The van der Waals surface area contributed by atoms with Crippen LogP contribution in [0, 0.1) is 0 Å². The molecule has 0 radical (unpaired) electrons. The van der Waals surface area contributed by atoms with Gasteiger partial charge in [0.25, 0.3) is 0 Å². The Kier molecular flexibility index (Phi) is 6.12. The topological polar surface area (TPSA) is 68.5 Å². The Morgan fingerprint density at radius 3 is 2.80 bits per heavy atom. The highest BCUT2D eigenvalue weighted by atomic mass is 16.5. The predicted octanol–water partition coefficient (Wildman–Crippen LogP) is 4.60. The maximum atomic E-state index is 12.8. The fraction of sp³-hybridized carbons (Fsp3) is 0.375. The molecular weight excluding hydrogens is 378 g/mol. The van der Waals surface area contributed by atoms with Crippen molar-refractivity contribution in [3.05, 3.63) is 65.5 Å². The van der Waals surface area contributed by atoms with Crippen LogP contribution in [0.2, 0.25) is 0 Å². The molecule has 3 aromatic rings. The summed E-state index contributed by atoms with van der Waals surface area (Å²) in [5, 5.41) is 4.05. The van der Waals surface area contributed by atoms with Crippen LogP contribution in [-0.2, 0) is 17.6 Å². The second kappa shape index (κ2) is 9.11. The summed E-state index contributed by atoms with van der Waals surface area (Å²) in [5.41, 5.74) is 3.48. The zero-order valence-electron chi connectivity index (χ0n) is 17.5. The van der Waals surface area contributed by atoms with Crippen LogP contribution >= 0.6 is 0 Å². The van der Waals surface area contributed by atoms with Crippen molar-refractivity contribution in [3.63, 3.8) is 0 Å². The Morgan fingerprint density at radius 2 is 2.00 bits per heavy atom. The first-order valence-electron chi connectivity index (χ1n) is 10.5. The van der Waals surface area contributed by atoms with Crippen LogP contribution in [-0.4, -0.2) is 34.6 Å². The fourth-order valence-electron chi connectivity index (χ4n) is 4.04. The Hall–Kier alpha value is -3.15. The summed E-state index contributed by atoms with van der Waals surface area (Å²) in [6.07, 6.45) is 3.97. The lowest BCUT2D eigenvalue weighted by atomic mass is 9.87. The number of hydrogen-bond acceptors (Lipinski definition) is 5. The van der Waals surface area contributed by atoms with Gasteiger partial charge in [-0.1, -0.05) is 29.4 Å². The maximum absolute atomic E-state index is 12.8. The number of ether oxygens (including phenoxy) is 1. The molecule has 1 atom stereocenters. The Labute approximate surface area is 176 Å². The van der Waals surface area contributed by atoms with Crippen LogP contribution in [0.3, 0.4) is 0 Å². The van der Waals surface area contributed by atoms with E-state index in [0.29, 0.717) is 31.2 Å². The number of carbonyl (C=O) groups is 1. The van der Waals surface area contributed by atoms with Crippen LogP contribution in [0.5, 0.6) is 5.75 Å². The Bertz CT molecular complexity index is 997. The molecule has 0 spiro atoms. The average Bonchev–Trinajstić information content (AvgIpc) is 3.26.